The van der Waals surface area contributed by atoms with Gasteiger partial charge < -0.3 is 0 Å². The third-order valence-electron chi connectivity index (χ3n) is 3.54. The smallest absolute Gasteiger partial charge is 0.123 e. The van der Waals surface area contributed by atoms with Crippen LogP contribution in [0.25, 0.3) is 21.8 Å². The van der Waals surface area contributed by atoms with E-state index in [9.17, 15) is 0 Å². The Balaban J connectivity index is 1.41. The topological polar surface area (TPSA) is 51.6 Å². The standard InChI is InChI=1S/C19H14N4S2/c1-2-5-14(6-3-1)19-21-16(13-25-19)12-24-18-9-8-17(22-23-18)15-7-4-10-20-11-15/h1-11,13H,12H2. The molecule has 25 heavy (non-hydrogen) atoms. The van der Waals surface area contributed by atoms with Crippen LogP contribution < -0.4 is 0 Å². The van der Waals surface area contributed by atoms with E-state index in [2.05, 4.69) is 32.7 Å². The van der Waals surface area contributed by atoms with Crippen molar-refractivity contribution < 1.29 is 0 Å². The van der Waals surface area contributed by atoms with E-state index >= 15 is 0 Å². The summed E-state index contributed by atoms with van der Waals surface area (Å²) in [6.45, 7) is 0. The molecule has 0 aliphatic carbocycles. The van der Waals surface area contributed by atoms with Gasteiger partial charge in [0.05, 0.1) is 11.4 Å². The van der Waals surface area contributed by atoms with Crippen molar-refractivity contribution in [3.05, 3.63) is 78.1 Å². The molecule has 0 saturated carbocycles. The first kappa shape index (κ1) is 15.9. The fourth-order valence-electron chi connectivity index (χ4n) is 2.30. The maximum absolute atomic E-state index is 4.70. The fourth-order valence-corrected chi connectivity index (χ4v) is 3.94. The van der Waals surface area contributed by atoms with Crippen molar-refractivity contribution in [2.45, 2.75) is 10.8 Å². The van der Waals surface area contributed by atoms with Gasteiger partial charge in [0.2, 0.25) is 0 Å². The van der Waals surface area contributed by atoms with Crippen molar-refractivity contribution in [3.63, 3.8) is 0 Å². The van der Waals surface area contributed by atoms with Crippen LogP contribution in [-0.2, 0) is 5.75 Å². The Labute approximate surface area is 154 Å². The van der Waals surface area contributed by atoms with Crippen LogP contribution in [0, 0.1) is 0 Å². The highest BCUT2D eigenvalue weighted by Gasteiger charge is 2.06. The van der Waals surface area contributed by atoms with Gasteiger partial charge in [0, 0.05) is 34.7 Å². The van der Waals surface area contributed by atoms with Gasteiger partial charge in [0.1, 0.15) is 10.0 Å². The molecular weight excluding hydrogens is 348 g/mol. The Kier molecular flexibility index (Phi) is 4.81. The third kappa shape index (κ3) is 3.92. The summed E-state index contributed by atoms with van der Waals surface area (Å²) in [5.74, 6) is 0.782. The van der Waals surface area contributed by atoms with E-state index in [0.717, 1.165) is 38.3 Å². The molecule has 0 unspecified atom stereocenters. The van der Waals surface area contributed by atoms with Crippen molar-refractivity contribution in [2.24, 2.45) is 0 Å². The zero-order valence-electron chi connectivity index (χ0n) is 13.2. The Morgan fingerprint density at radius 3 is 2.52 bits per heavy atom. The summed E-state index contributed by atoms with van der Waals surface area (Å²) in [5, 5.41) is 12.6. The molecule has 0 aliphatic heterocycles. The molecule has 122 valence electrons. The molecule has 0 radical (unpaired) electrons. The Morgan fingerprint density at radius 2 is 1.76 bits per heavy atom. The number of rotatable bonds is 5. The molecule has 3 aromatic heterocycles. The monoisotopic (exact) mass is 362 g/mol. The van der Waals surface area contributed by atoms with Crippen LogP contribution in [0.5, 0.6) is 0 Å². The summed E-state index contributed by atoms with van der Waals surface area (Å²) in [6, 6.07) is 18.1. The van der Waals surface area contributed by atoms with E-state index < -0.39 is 0 Å². The van der Waals surface area contributed by atoms with Gasteiger partial charge in [-0.2, -0.15) is 0 Å². The van der Waals surface area contributed by atoms with Gasteiger partial charge in [-0.05, 0) is 24.3 Å². The van der Waals surface area contributed by atoms with Gasteiger partial charge in [-0.1, -0.05) is 42.1 Å². The van der Waals surface area contributed by atoms with E-state index in [1.807, 2.05) is 42.5 Å². The van der Waals surface area contributed by atoms with Crippen LogP contribution >= 0.6 is 23.1 Å². The lowest BCUT2D eigenvalue weighted by molar-refractivity contribution is 0.934. The van der Waals surface area contributed by atoms with E-state index in [1.165, 1.54) is 0 Å². The van der Waals surface area contributed by atoms with Crippen LogP contribution in [0.3, 0.4) is 0 Å². The highest BCUT2D eigenvalue weighted by molar-refractivity contribution is 7.98. The number of hydrogen-bond donors (Lipinski definition) is 0. The van der Waals surface area contributed by atoms with Crippen LogP contribution in [0.2, 0.25) is 0 Å². The van der Waals surface area contributed by atoms with Gasteiger partial charge >= 0.3 is 0 Å². The second-order valence-electron chi connectivity index (χ2n) is 5.30. The molecule has 1 aromatic carbocycles. The minimum atomic E-state index is 0.782. The molecule has 0 bridgehead atoms. The number of aromatic nitrogens is 4. The van der Waals surface area contributed by atoms with Crippen molar-refractivity contribution in [1.29, 1.82) is 0 Å². The zero-order chi connectivity index (χ0) is 16.9. The number of hydrogen-bond acceptors (Lipinski definition) is 6. The number of nitrogens with zero attached hydrogens (tertiary/aromatic N) is 4. The highest BCUT2D eigenvalue weighted by Crippen LogP contribution is 2.27. The van der Waals surface area contributed by atoms with Gasteiger partial charge in [0.25, 0.3) is 0 Å². The van der Waals surface area contributed by atoms with E-state index in [1.54, 1.807) is 35.5 Å². The molecule has 0 fully saturated rings. The lowest BCUT2D eigenvalue weighted by Gasteiger charge is -2.01. The Bertz CT molecular complexity index is 938. The van der Waals surface area contributed by atoms with Gasteiger partial charge in [-0.15, -0.1) is 21.5 Å². The molecule has 0 aliphatic rings. The minimum Gasteiger partial charge on any atom is -0.264 e. The Morgan fingerprint density at radius 1 is 0.880 bits per heavy atom. The molecule has 0 saturated heterocycles. The normalized spacial score (nSPS) is 10.7. The second kappa shape index (κ2) is 7.55. The van der Waals surface area contributed by atoms with Gasteiger partial charge in [0.15, 0.2) is 0 Å². The number of thioether (sulfide) groups is 1. The summed E-state index contributed by atoms with van der Waals surface area (Å²) in [7, 11) is 0. The van der Waals surface area contributed by atoms with Crippen molar-refractivity contribution in [1.82, 2.24) is 20.2 Å². The van der Waals surface area contributed by atoms with Crippen LogP contribution in [-0.4, -0.2) is 20.2 Å². The summed E-state index contributed by atoms with van der Waals surface area (Å²) in [5.41, 5.74) is 4.02. The van der Waals surface area contributed by atoms with E-state index in [0.29, 0.717) is 0 Å². The average Bonchev–Trinajstić information content (AvgIpc) is 3.17. The molecule has 0 atom stereocenters. The van der Waals surface area contributed by atoms with Crippen molar-refractivity contribution >= 4 is 23.1 Å². The molecular formula is C19H14N4S2. The maximum Gasteiger partial charge on any atom is 0.123 e. The number of pyridine rings is 1. The lowest BCUT2D eigenvalue weighted by Crippen LogP contribution is -1.90. The molecule has 0 amide bonds. The molecule has 4 nitrogen and oxygen atoms in total. The molecule has 6 heteroatoms. The summed E-state index contributed by atoms with van der Waals surface area (Å²) >= 11 is 3.31. The first-order valence-electron chi connectivity index (χ1n) is 7.75. The second-order valence-corrected chi connectivity index (χ2v) is 7.15. The van der Waals surface area contributed by atoms with Crippen LogP contribution in [0.4, 0.5) is 0 Å². The number of thiazole rings is 1. The van der Waals surface area contributed by atoms with Crippen molar-refractivity contribution in [2.75, 3.05) is 0 Å². The largest absolute Gasteiger partial charge is 0.264 e. The van der Waals surface area contributed by atoms with Crippen LogP contribution in [0.15, 0.2) is 77.4 Å². The zero-order valence-corrected chi connectivity index (χ0v) is 14.9. The maximum atomic E-state index is 4.70. The first-order chi connectivity index (χ1) is 12.4. The fraction of sp³-hybridized carbons (Fsp3) is 0.0526. The highest BCUT2D eigenvalue weighted by atomic mass is 32.2. The van der Waals surface area contributed by atoms with Gasteiger partial charge in [-0.3, -0.25) is 4.98 Å². The molecule has 4 aromatic rings. The molecule has 3 heterocycles. The quantitative estimate of drug-likeness (QED) is 0.470. The van der Waals surface area contributed by atoms with E-state index in [4.69, 9.17) is 4.98 Å². The summed E-state index contributed by atoms with van der Waals surface area (Å²) in [4.78, 5) is 8.81. The average molecular weight is 362 g/mol. The minimum absolute atomic E-state index is 0.782. The van der Waals surface area contributed by atoms with E-state index in [-0.39, 0.29) is 0 Å². The predicted molar refractivity (Wildman–Crippen MR) is 102 cm³/mol. The van der Waals surface area contributed by atoms with Gasteiger partial charge in [-0.25, -0.2) is 4.98 Å². The van der Waals surface area contributed by atoms with Crippen LogP contribution in [0.1, 0.15) is 5.69 Å². The SMILES string of the molecule is c1ccc(-c2nc(CSc3ccc(-c4cccnc4)nn3)cs2)cc1. The molecule has 0 spiro atoms. The summed E-state index contributed by atoms with van der Waals surface area (Å²) < 4.78 is 0. The predicted octanol–water partition coefficient (Wildman–Crippen LogP) is 4.95. The molecule has 0 N–H and O–H groups in total. The Hall–Kier alpha value is -2.57. The first-order valence-corrected chi connectivity index (χ1v) is 9.62. The summed E-state index contributed by atoms with van der Waals surface area (Å²) in [6.07, 6.45) is 3.54. The third-order valence-corrected chi connectivity index (χ3v) is 5.43. The number of benzene rings is 1. The molecule has 4 rings (SSSR count). The van der Waals surface area contributed by atoms with Crippen molar-refractivity contribution in [3.8, 4) is 21.8 Å². The lowest BCUT2D eigenvalue weighted by atomic mass is 10.2.